The number of rotatable bonds is 4. The molecular formula is C27H17N4+. The first-order chi connectivity index (χ1) is 15.2. The summed E-state index contributed by atoms with van der Waals surface area (Å²) in [5.74, 6) is 0. The predicted molar refractivity (Wildman–Crippen MR) is 122 cm³/mol. The monoisotopic (exact) mass is 397 g/mol. The third-order valence-corrected chi connectivity index (χ3v) is 5.28. The minimum atomic E-state index is 0.247. The van der Waals surface area contributed by atoms with E-state index in [2.05, 4.69) is 29.1 Å². The Labute approximate surface area is 181 Å². The summed E-state index contributed by atoms with van der Waals surface area (Å²) in [7, 11) is 0. The zero-order valence-electron chi connectivity index (χ0n) is 16.6. The smallest absolute Gasteiger partial charge is 0.187 e. The molecule has 0 atom stereocenters. The summed E-state index contributed by atoms with van der Waals surface area (Å²) in [4.78, 5) is 3.53. The molecule has 4 rings (SSSR count). The molecule has 0 aliphatic carbocycles. The van der Waals surface area contributed by atoms with Gasteiger partial charge in [-0.05, 0) is 36.4 Å². The average molecular weight is 397 g/mol. The van der Waals surface area contributed by atoms with E-state index in [0.29, 0.717) is 16.8 Å². The highest BCUT2D eigenvalue weighted by Gasteiger charge is 2.39. The van der Waals surface area contributed by atoms with E-state index >= 15 is 0 Å². The number of quaternary nitrogens is 1. The fourth-order valence-corrected chi connectivity index (χ4v) is 3.82. The van der Waals surface area contributed by atoms with Crippen LogP contribution in [0, 0.1) is 29.2 Å². The minimum absolute atomic E-state index is 0.247. The van der Waals surface area contributed by atoms with Crippen molar-refractivity contribution in [2.45, 2.75) is 0 Å². The maximum absolute atomic E-state index is 9.28. The molecule has 0 heterocycles. The number of hydrogen-bond acceptors (Lipinski definition) is 2. The van der Waals surface area contributed by atoms with Gasteiger partial charge in [0.05, 0.1) is 29.8 Å². The van der Waals surface area contributed by atoms with Crippen molar-refractivity contribution in [3.05, 3.63) is 126 Å². The largest absolute Gasteiger partial charge is 0.238 e. The highest BCUT2D eigenvalue weighted by atomic mass is 15.4. The molecule has 0 N–H and O–H groups in total. The molecule has 0 aliphatic heterocycles. The first-order valence-corrected chi connectivity index (χ1v) is 9.66. The fraction of sp³-hybridized carbons (Fsp3) is 0. The zero-order valence-corrected chi connectivity index (χ0v) is 16.6. The summed E-state index contributed by atoms with van der Waals surface area (Å²) in [6.07, 6.45) is 0. The lowest BCUT2D eigenvalue weighted by Gasteiger charge is -2.37. The fourth-order valence-electron chi connectivity index (χ4n) is 3.82. The van der Waals surface area contributed by atoms with Crippen LogP contribution in [0.15, 0.2) is 103 Å². The van der Waals surface area contributed by atoms with Crippen LogP contribution < -0.4 is 4.48 Å². The zero-order chi connectivity index (χ0) is 21.7. The summed E-state index contributed by atoms with van der Waals surface area (Å²) in [5.41, 5.74) is 5.53. The van der Waals surface area contributed by atoms with E-state index < -0.39 is 0 Å². The average Bonchev–Trinajstić information content (AvgIpc) is 2.86. The Kier molecular flexibility index (Phi) is 5.29. The first kappa shape index (κ1) is 19.6. The Hall–Kier alpha value is -4.69. The van der Waals surface area contributed by atoms with E-state index in [1.165, 1.54) is 0 Å². The highest BCUT2D eigenvalue weighted by Crippen LogP contribution is 2.51. The van der Waals surface area contributed by atoms with E-state index in [-0.39, 0.29) is 4.48 Å². The van der Waals surface area contributed by atoms with Crippen LogP contribution in [-0.4, -0.2) is 0 Å². The van der Waals surface area contributed by atoms with Gasteiger partial charge in [0.15, 0.2) is 5.69 Å². The Morgan fingerprint density at radius 2 is 0.935 bits per heavy atom. The van der Waals surface area contributed by atoms with Crippen LogP contribution in [-0.2, 0) is 0 Å². The molecule has 4 heteroatoms. The standard InChI is InChI=1S/C27H17N4/c1-30-23-11-17-27(18-12-23)31(24-5-3-2-4-6-24,25-13-7-21(19-28)8-14-25)26-15-9-22(20-29)10-16-26/h2-18H/q+1. The van der Waals surface area contributed by atoms with Gasteiger partial charge in [-0.15, -0.1) is 0 Å². The Morgan fingerprint density at radius 1 is 0.548 bits per heavy atom. The molecule has 31 heavy (non-hydrogen) atoms. The second-order valence-corrected chi connectivity index (χ2v) is 6.95. The van der Waals surface area contributed by atoms with Crippen molar-refractivity contribution >= 4 is 28.4 Å². The first-order valence-electron chi connectivity index (χ1n) is 9.66. The molecule has 0 aromatic heterocycles. The number of nitriles is 2. The Morgan fingerprint density at radius 3 is 1.32 bits per heavy atom. The van der Waals surface area contributed by atoms with Crippen LogP contribution in [0.25, 0.3) is 4.85 Å². The summed E-state index contributed by atoms with van der Waals surface area (Å²) in [6, 6.07) is 37.0. The third kappa shape index (κ3) is 3.43. The summed E-state index contributed by atoms with van der Waals surface area (Å²) < 4.78 is 0.247. The molecule has 0 aliphatic rings. The van der Waals surface area contributed by atoms with Gasteiger partial charge < -0.3 is 0 Å². The van der Waals surface area contributed by atoms with Gasteiger partial charge in [0.2, 0.25) is 0 Å². The lowest BCUT2D eigenvalue weighted by Crippen LogP contribution is -2.33. The maximum atomic E-state index is 9.28. The van der Waals surface area contributed by atoms with E-state index in [0.717, 1.165) is 22.7 Å². The minimum Gasteiger partial charge on any atom is -0.238 e. The van der Waals surface area contributed by atoms with Crippen LogP contribution in [0.1, 0.15) is 11.1 Å². The van der Waals surface area contributed by atoms with Crippen LogP contribution in [0.3, 0.4) is 0 Å². The number of hydrogen-bond donors (Lipinski definition) is 0. The van der Waals surface area contributed by atoms with Crippen molar-refractivity contribution in [2.24, 2.45) is 0 Å². The number of para-hydroxylation sites is 1. The van der Waals surface area contributed by atoms with Gasteiger partial charge in [-0.25, -0.2) is 4.85 Å². The SMILES string of the molecule is [C-]#[N+]c1ccc([N+](c2ccccc2)(c2ccc(C#N)cc2)c2ccc(C#N)cc2)cc1. The van der Waals surface area contributed by atoms with Crippen molar-refractivity contribution < 1.29 is 0 Å². The van der Waals surface area contributed by atoms with E-state index in [4.69, 9.17) is 6.57 Å². The molecule has 0 spiro atoms. The van der Waals surface area contributed by atoms with E-state index in [1.807, 2.05) is 91.0 Å². The quantitative estimate of drug-likeness (QED) is 0.268. The summed E-state index contributed by atoms with van der Waals surface area (Å²) >= 11 is 0. The predicted octanol–water partition coefficient (Wildman–Crippen LogP) is 7.28. The van der Waals surface area contributed by atoms with Gasteiger partial charge in [-0.2, -0.15) is 15.0 Å². The summed E-state index contributed by atoms with van der Waals surface area (Å²) in [5, 5.41) is 18.6. The van der Waals surface area contributed by atoms with Crippen LogP contribution in [0.2, 0.25) is 0 Å². The molecular weight excluding hydrogens is 380 g/mol. The van der Waals surface area contributed by atoms with Crippen LogP contribution >= 0.6 is 0 Å². The topological polar surface area (TPSA) is 51.9 Å². The van der Waals surface area contributed by atoms with Crippen LogP contribution in [0.4, 0.5) is 28.4 Å². The maximum Gasteiger partial charge on any atom is 0.187 e. The van der Waals surface area contributed by atoms with Gasteiger partial charge in [0.1, 0.15) is 22.7 Å². The van der Waals surface area contributed by atoms with Gasteiger partial charge in [0.25, 0.3) is 0 Å². The Balaban J connectivity index is 2.10. The molecule has 0 saturated heterocycles. The molecule has 144 valence electrons. The summed E-state index contributed by atoms with van der Waals surface area (Å²) in [6.45, 7) is 7.31. The molecule has 0 saturated carbocycles. The highest BCUT2D eigenvalue weighted by molar-refractivity contribution is 5.82. The molecule has 4 aromatic rings. The van der Waals surface area contributed by atoms with Gasteiger partial charge in [0, 0.05) is 36.4 Å². The third-order valence-electron chi connectivity index (χ3n) is 5.28. The second-order valence-electron chi connectivity index (χ2n) is 6.95. The molecule has 0 bridgehead atoms. The Bertz CT molecular complexity index is 1180. The van der Waals surface area contributed by atoms with Crippen molar-refractivity contribution in [3.63, 3.8) is 0 Å². The number of benzene rings is 4. The lowest BCUT2D eigenvalue weighted by molar-refractivity contribution is 0.704. The van der Waals surface area contributed by atoms with Gasteiger partial charge >= 0.3 is 0 Å². The van der Waals surface area contributed by atoms with Crippen molar-refractivity contribution in [1.29, 1.82) is 10.5 Å². The van der Waals surface area contributed by atoms with Crippen molar-refractivity contribution in [1.82, 2.24) is 4.48 Å². The molecule has 0 unspecified atom stereocenters. The van der Waals surface area contributed by atoms with E-state index in [1.54, 1.807) is 0 Å². The van der Waals surface area contributed by atoms with Gasteiger partial charge in [-0.3, -0.25) is 0 Å². The van der Waals surface area contributed by atoms with Crippen LogP contribution in [0.5, 0.6) is 0 Å². The number of nitrogens with zero attached hydrogens (tertiary/aromatic N) is 4. The van der Waals surface area contributed by atoms with E-state index in [9.17, 15) is 10.5 Å². The lowest BCUT2D eigenvalue weighted by atomic mass is 10.0. The second kappa shape index (κ2) is 8.36. The molecule has 0 fully saturated rings. The van der Waals surface area contributed by atoms with Crippen molar-refractivity contribution in [3.8, 4) is 12.1 Å². The molecule has 0 radical (unpaired) electrons. The molecule has 4 nitrogen and oxygen atoms in total. The molecule has 0 amide bonds. The normalized spacial score (nSPS) is 10.5. The molecule has 4 aromatic carbocycles. The van der Waals surface area contributed by atoms with Gasteiger partial charge in [-0.1, -0.05) is 30.3 Å². The van der Waals surface area contributed by atoms with Crippen molar-refractivity contribution in [2.75, 3.05) is 0 Å².